The lowest BCUT2D eigenvalue weighted by Gasteiger charge is -1.98. The van der Waals surface area contributed by atoms with Crippen LogP contribution in [-0.4, -0.2) is 25.2 Å². The van der Waals surface area contributed by atoms with E-state index in [1.807, 2.05) is 6.20 Å². The Morgan fingerprint density at radius 3 is 3.00 bits per heavy atom. The van der Waals surface area contributed by atoms with Crippen LogP contribution in [-0.2, 0) is 6.54 Å². The van der Waals surface area contributed by atoms with Crippen molar-refractivity contribution in [2.75, 3.05) is 0 Å². The van der Waals surface area contributed by atoms with E-state index in [1.54, 1.807) is 23.1 Å². The number of alkyl halides is 1. The van der Waals surface area contributed by atoms with E-state index in [1.165, 1.54) is 0 Å². The van der Waals surface area contributed by atoms with Gasteiger partial charge in [0.2, 0.25) is 5.89 Å². The number of aromatic nitrogens is 5. The van der Waals surface area contributed by atoms with Crippen molar-refractivity contribution in [3.63, 3.8) is 0 Å². The van der Waals surface area contributed by atoms with Crippen molar-refractivity contribution in [2.45, 2.75) is 24.7 Å². The molecule has 0 aliphatic carbocycles. The molecule has 0 radical (unpaired) electrons. The molecule has 3 aromatic rings. The molecule has 0 saturated carbocycles. The second-order valence-corrected chi connectivity index (χ2v) is 5.30. The Kier molecular flexibility index (Phi) is 3.64. The number of halogens is 1. The molecular formula is C12H12BrN5O2. The predicted octanol–water partition coefficient (Wildman–Crippen LogP) is 2.82. The summed E-state index contributed by atoms with van der Waals surface area (Å²) in [5.41, 5.74) is 0.887. The molecule has 1 atom stereocenters. The molecule has 20 heavy (non-hydrogen) atoms. The van der Waals surface area contributed by atoms with Crippen molar-refractivity contribution in [3.05, 3.63) is 36.2 Å². The van der Waals surface area contributed by atoms with Gasteiger partial charge in [-0.1, -0.05) is 28.1 Å². The molecular weight excluding hydrogens is 326 g/mol. The molecule has 104 valence electrons. The zero-order chi connectivity index (χ0) is 13.9. The molecule has 1 unspecified atom stereocenters. The van der Waals surface area contributed by atoms with Gasteiger partial charge in [-0.2, -0.15) is 0 Å². The van der Waals surface area contributed by atoms with Crippen molar-refractivity contribution in [3.8, 4) is 11.7 Å². The van der Waals surface area contributed by atoms with Crippen LogP contribution in [0.25, 0.3) is 11.7 Å². The minimum atomic E-state index is 0.206. The second-order valence-electron chi connectivity index (χ2n) is 4.20. The van der Waals surface area contributed by atoms with Crippen molar-refractivity contribution >= 4 is 15.9 Å². The highest BCUT2D eigenvalue weighted by Gasteiger charge is 2.13. The quantitative estimate of drug-likeness (QED) is 0.665. The number of furan rings is 1. The molecule has 0 saturated heterocycles. The zero-order valence-corrected chi connectivity index (χ0v) is 12.3. The standard InChI is InChI=1S/C12H12BrN5O2/c1-2-8(13)9-6-18(17-14-9)7-11-15-16-12(20-11)10-4-3-5-19-10/h3-6,8H,2,7H2,1H3. The highest BCUT2D eigenvalue weighted by Crippen LogP contribution is 2.23. The monoisotopic (exact) mass is 337 g/mol. The van der Waals surface area contributed by atoms with Crippen LogP contribution in [0.1, 0.15) is 29.8 Å². The summed E-state index contributed by atoms with van der Waals surface area (Å²) in [5, 5.41) is 16.0. The highest BCUT2D eigenvalue weighted by atomic mass is 79.9. The SMILES string of the molecule is CCC(Br)c1cn(Cc2nnc(-c3ccco3)o2)nn1. The van der Waals surface area contributed by atoms with E-state index in [4.69, 9.17) is 8.83 Å². The largest absolute Gasteiger partial charge is 0.459 e. The van der Waals surface area contributed by atoms with Gasteiger partial charge < -0.3 is 8.83 Å². The second kappa shape index (κ2) is 5.58. The molecule has 8 heteroatoms. The fraction of sp³-hybridized carbons (Fsp3) is 0.333. The van der Waals surface area contributed by atoms with Gasteiger partial charge >= 0.3 is 0 Å². The Labute approximate surface area is 123 Å². The molecule has 7 nitrogen and oxygen atoms in total. The molecule has 0 aromatic carbocycles. The minimum absolute atomic E-state index is 0.206. The van der Waals surface area contributed by atoms with Gasteiger partial charge in [-0.3, -0.25) is 0 Å². The highest BCUT2D eigenvalue weighted by molar-refractivity contribution is 9.09. The summed E-state index contributed by atoms with van der Waals surface area (Å²) >= 11 is 3.53. The summed E-state index contributed by atoms with van der Waals surface area (Å²) < 4.78 is 12.4. The average molecular weight is 338 g/mol. The van der Waals surface area contributed by atoms with Gasteiger partial charge in [0, 0.05) is 0 Å². The van der Waals surface area contributed by atoms with Crippen LogP contribution in [0.5, 0.6) is 0 Å². The first-order chi connectivity index (χ1) is 9.76. The normalized spacial score (nSPS) is 12.7. The van der Waals surface area contributed by atoms with Crippen molar-refractivity contribution < 1.29 is 8.83 Å². The van der Waals surface area contributed by atoms with E-state index in [2.05, 4.69) is 43.4 Å². The molecule has 0 amide bonds. The van der Waals surface area contributed by atoms with Crippen LogP contribution in [0.15, 0.2) is 33.4 Å². The lowest BCUT2D eigenvalue weighted by Crippen LogP contribution is -2.00. The molecule has 3 rings (SSSR count). The van der Waals surface area contributed by atoms with E-state index in [0.29, 0.717) is 24.1 Å². The smallest absolute Gasteiger partial charge is 0.283 e. The number of hydrogen-bond acceptors (Lipinski definition) is 6. The number of hydrogen-bond donors (Lipinski definition) is 0. The first-order valence-electron chi connectivity index (χ1n) is 6.16. The minimum Gasteiger partial charge on any atom is -0.459 e. The summed E-state index contributed by atoms with van der Waals surface area (Å²) in [7, 11) is 0. The Balaban J connectivity index is 1.73. The van der Waals surface area contributed by atoms with Crippen LogP contribution in [0.4, 0.5) is 0 Å². The molecule has 0 bridgehead atoms. The summed E-state index contributed by atoms with van der Waals surface area (Å²) in [6.45, 7) is 2.45. The van der Waals surface area contributed by atoms with E-state index in [0.717, 1.165) is 12.1 Å². The summed E-state index contributed by atoms with van der Waals surface area (Å²) in [4.78, 5) is 0.206. The first-order valence-corrected chi connectivity index (χ1v) is 7.08. The Hall–Kier alpha value is -1.96. The Morgan fingerprint density at radius 2 is 2.25 bits per heavy atom. The third kappa shape index (κ3) is 2.64. The summed E-state index contributed by atoms with van der Waals surface area (Å²) in [5.74, 6) is 1.36. The van der Waals surface area contributed by atoms with Crippen molar-refractivity contribution in [2.24, 2.45) is 0 Å². The maximum Gasteiger partial charge on any atom is 0.283 e. The molecule has 0 aliphatic rings. The molecule has 3 aromatic heterocycles. The van der Waals surface area contributed by atoms with Gasteiger partial charge in [-0.15, -0.1) is 15.3 Å². The van der Waals surface area contributed by atoms with Crippen molar-refractivity contribution in [1.82, 2.24) is 25.2 Å². The summed E-state index contributed by atoms with van der Waals surface area (Å²) in [6.07, 6.45) is 4.37. The zero-order valence-electron chi connectivity index (χ0n) is 10.7. The number of rotatable bonds is 5. The van der Waals surface area contributed by atoms with E-state index < -0.39 is 0 Å². The van der Waals surface area contributed by atoms with E-state index in [-0.39, 0.29) is 4.83 Å². The Morgan fingerprint density at radius 1 is 1.35 bits per heavy atom. The van der Waals surface area contributed by atoms with Crippen LogP contribution in [0, 0.1) is 0 Å². The van der Waals surface area contributed by atoms with Gasteiger partial charge in [0.1, 0.15) is 6.54 Å². The van der Waals surface area contributed by atoms with Crippen LogP contribution in [0.3, 0.4) is 0 Å². The van der Waals surface area contributed by atoms with Gasteiger partial charge in [-0.25, -0.2) is 4.68 Å². The summed E-state index contributed by atoms with van der Waals surface area (Å²) in [6, 6.07) is 3.53. The van der Waals surface area contributed by atoms with Gasteiger partial charge in [-0.05, 0) is 18.6 Å². The van der Waals surface area contributed by atoms with E-state index in [9.17, 15) is 0 Å². The maximum atomic E-state index is 5.51. The third-order valence-corrected chi connectivity index (χ3v) is 3.85. The predicted molar refractivity (Wildman–Crippen MR) is 73.1 cm³/mol. The fourth-order valence-electron chi connectivity index (χ4n) is 1.70. The lowest BCUT2D eigenvalue weighted by atomic mass is 10.3. The molecule has 3 heterocycles. The van der Waals surface area contributed by atoms with E-state index >= 15 is 0 Å². The van der Waals surface area contributed by atoms with Crippen LogP contribution in [0.2, 0.25) is 0 Å². The van der Waals surface area contributed by atoms with Crippen LogP contribution < -0.4 is 0 Å². The first kappa shape index (κ1) is 13.0. The van der Waals surface area contributed by atoms with Crippen molar-refractivity contribution in [1.29, 1.82) is 0 Å². The molecule has 0 aliphatic heterocycles. The molecule has 0 N–H and O–H groups in total. The van der Waals surface area contributed by atoms with Crippen LogP contribution >= 0.6 is 15.9 Å². The van der Waals surface area contributed by atoms with Gasteiger partial charge in [0.25, 0.3) is 5.89 Å². The molecule has 0 fully saturated rings. The molecule has 0 spiro atoms. The van der Waals surface area contributed by atoms with Gasteiger partial charge in [0.15, 0.2) is 5.76 Å². The fourth-order valence-corrected chi connectivity index (χ4v) is 1.91. The number of nitrogens with zero attached hydrogens (tertiary/aromatic N) is 5. The maximum absolute atomic E-state index is 5.51. The topological polar surface area (TPSA) is 82.8 Å². The van der Waals surface area contributed by atoms with Gasteiger partial charge in [0.05, 0.1) is 23.0 Å². The average Bonchev–Trinajstić information content (AvgIpc) is 3.19. The lowest BCUT2D eigenvalue weighted by molar-refractivity contribution is 0.454. The Bertz CT molecular complexity index is 676. The third-order valence-electron chi connectivity index (χ3n) is 2.73.